The van der Waals surface area contributed by atoms with Gasteiger partial charge in [0.25, 0.3) is 5.91 Å². The molecule has 6 N–H and O–H groups in total. The lowest BCUT2D eigenvalue weighted by molar-refractivity contribution is -0.141. The van der Waals surface area contributed by atoms with Gasteiger partial charge in [0, 0.05) is 5.56 Å². The highest BCUT2D eigenvalue weighted by molar-refractivity contribution is 7.98. The van der Waals surface area contributed by atoms with Crippen molar-refractivity contribution in [3.05, 3.63) is 29.8 Å². The zero-order valence-electron chi connectivity index (χ0n) is 15.5. The van der Waals surface area contributed by atoms with E-state index in [1.165, 1.54) is 23.9 Å². The molecular weight excluding hydrogens is 424 g/mol. The maximum Gasteiger partial charge on any atom is 0.326 e. The SMILES string of the molecule is CSCC[C@@H](NC(=O)CNC(=O)CNC(=O)c1ccc(S(N)(=O)=O)cc1)C(=O)O. The molecule has 1 aromatic carbocycles. The first kappa shape index (κ1) is 24.4. The molecule has 0 bridgehead atoms. The van der Waals surface area contributed by atoms with Crippen LogP contribution in [0.15, 0.2) is 29.2 Å². The standard InChI is InChI=1S/C16H22N4O7S2/c1-28-7-6-12(16(24)25)20-14(22)9-18-13(21)8-19-15(23)10-2-4-11(5-3-10)29(17,26)27/h2-5,12H,6-9H2,1H3,(H,18,21)(H,19,23)(H,20,22)(H,24,25)(H2,17,26,27)/t12-/m1/s1. The van der Waals surface area contributed by atoms with E-state index in [2.05, 4.69) is 16.0 Å². The number of primary sulfonamides is 1. The lowest BCUT2D eigenvalue weighted by Crippen LogP contribution is -2.47. The number of nitrogens with two attached hydrogens (primary N) is 1. The molecule has 11 nitrogen and oxygen atoms in total. The van der Waals surface area contributed by atoms with Crippen molar-refractivity contribution in [2.75, 3.05) is 25.1 Å². The molecule has 1 rings (SSSR count). The van der Waals surface area contributed by atoms with Crippen LogP contribution in [0.5, 0.6) is 0 Å². The zero-order chi connectivity index (χ0) is 22.0. The molecule has 3 amide bonds. The van der Waals surface area contributed by atoms with Crippen molar-refractivity contribution >= 4 is 45.5 Å². The number of amides is 3. The Morgan fingerprint density at radius 1 is 1.07 bits per heavy atom. The predicted octanol–water partition coefficient (Wildman–Crippen LogP) is -1.50. The summed E-state index contributed by atoms with van der Waals surface area (Å²) < 4.78 is 22.3. The molecule has 1 atom stereocenters. The molecule has 29 heavy (non-hydrogen) atoms. The maximum atomic E-state index is 12.0. The van der Waals surface area contributed by atoms with Gasteiger partial charge in [-0.1, -0.05) is 0 Å². The fourth-order valence-corrected chi connectivity index (χ4v) is 3.03. The van der Waals surface area contributed by atoms with Crippen LogP contribution in [0.4, 0.5) is 0 Å². The van der Waals surface area contributed by atoms with Crippen LogP contribution in [0.2, 0.25) is 0 Å². The van der Waals surface area contributed by atoms with Crippen LogP contribution in [0.1, 0.15) is 16.8 Å². The number of carboxylic acids is 1. The molecule has 0 aliphatic heterocycles. The number of thioether (sulfide) groups is 1. The highest BCUT2D eigenvalue weighted by Gasteiger charge is 2.19. The monoisotopic (exact) mass is 446 g/mol. The van der Waals surface area contributed by atoms with Crippen LogP contribution < -0.4 is 21.1 Å². The highest BCUT2D eigenvalue weighted by atomic mass is 32.2. The molecule has 160 valence electrons. The largest absolute Gasteiger partial charge is 0.480 e. The van der Waals surface area contributed by atoms with E-state index in [1.807, 2.05) is 6.26 Å². The summed E-state index contributed by atoms with van der Waals surface area (Å²) in [5.74, 6) is -2.58. The first-order valence-electron chi connectivity index (χ1n) is 8.23. The van der Waals surface area contributed by atoms with E-state index < -0.39 is 52.8 Å². The van der Waals surface area contributed by atoms with Gasteiger partial charge in [-0.15, -0.1) is 0 Å². The Kier molecular flexibility index (Phi) is 9.58. The second kappa shape index (κ2) is 11.4. The van der Waals surface area contributed by atoms with Crippen LogP contribution in [0.3, 0.4) is 0 Å². The van der Waals surface area contributed by atoms with Gasteiger partial charge < -0.3 is 21.1 Å². The average Bonchev–Trinajstić information content (AvgIpc) is 2.66. The summed E-state index contributed by atoms with van der Waals surface area (Å²) in [5, 5.41) is 20.9. The fraction of sp³-hybridized carbons (Fsp3) is 0.375. The number of aliphatic carboxylic acids is 1. The normalized spacial score (nSPS) is 11.9. The van der Waals surface area contributed by atoms with Gasteiger partial charge in [-0.3, -0.25) is 14.4 Å². The van der Waals surface area contributed by atoms with E-state index >= 15 is 0 Å². The number of rotatable bonds is 11. The van der Waals surface area contributed by atoms with Gasteiger partial charge in [-0.2, -0.15) is 11.8 Å². The fourth-order valence-electron chi connectivity index (χ4n) is 2.04. The smallest absolute Gasteiger partial charge is 0.326 e. The molecule has 13 heteroatoms. The summed E-state index contributed by atoms with van der Waals surface area (Å²) >= 11 is 1.44. The number of carboxylic acid groups (broad SMARTS) is 1. The van der Waals surface area contributed by atoms with E-state index in [1.54, 1.807) is 0 Å². The van der Waals surface area contributed by atoms with Crippen LogP contribution >= 0.6 is 11.8 Å². The molecule has 0 unspecified atom stereocenters. The van der Waals surface area contributed by atoms with E-state index in [9.17, 15) is 27.6 Å². The Labute approximate surface area is 171 Å². The Bertz CT molecular complexity index is 857. The molecule has 0 fully saturated rings. The van der Waals surface area contributed by atoms with Crippen molar-refractivity contribution in [1.82, 2.24) is 16.0 Å². The van der Waals surface area contributed by atoms with E-state index in [0.29, 0.717) is 5.75 Å². The van der Waals surface area contributed by atoms with Crippen LogP contribution in [0, 0.1) is 0 Å². The topological polar surface area (TPSA) is 185 Å². The summed E-state index contributed by atoms with van der Waals surface area (Å²) in [7, 11) is -3.88. The van der Waals surface area contributed by atoms with E-state index in [0.717, 1.165) is 12.1 Å². The number of hydrogen-bond acceptors (Lipinski definition) is 7. The molecule has 1 aromatic rings. The van der Waals surface area contributed by atoms with Crippen molar-refractivity contribution in [2.24, 2.45) is 5.14 Å². The third kappa shape index (κ3) is 8.93. The highest BCUT2D eigenvalue weighted by Crippen LogP contribution is 2.08. The molecule has 0 aromatic heterocycles. The summed E-state index contributed by atoms with van der Waals surface area (Å²) in [6.45, 7) is -0.876. The summed E-state index contributed by atoms with van der Waals surface area (Å²) in [4.78, 5) is 46.4. The van der Waals surface area contributed by atoms with Gasteiger partial charge in [-0.05, 0) is 42.7 Å². The van der Waals surface area contributed by atoms with Gasteiger partial charge >= 0.3 is 5.97 Å². The first-order chi connectivity index (χ1) is 13.5. The van der Waals surface area contributed by atoms with Crippen LogP contribution in [-0.4, -0.2) is 68.4 Å². The summed E-state index contributed by atoms with van der Waals surface area (Å²) in [5.41, 5.74) is 0.112. The van der Waals surface area contributed by atoms with Crippen LogP contribution in [-0.2, 0) is 24.4 Å². The van der Waals surface area contributed by atoms with Crippen molar-refractivity contribution < 1.29 is 32.7 Å². The average molecular weight is 447 g/mol. The molecule has 0 aliphatic rings. The molecular formula is C16H22N4O7S2. The Morgan fingerprint density at radius 3 is 2.17 bits per heavy atom. The van der Waals surface area contributed by atoms with Gasteiger partial charge in [-0.25, -0.2) is 18.4 Å². The zero-order valence-corrected chi connectivity index (χ0v) is 17.1. The van der Waals surface area contributed by atoms with Gasteiger partial charge in [0.05, 0.1) is 18.0 Å². The van der Waals surface area contributed by atoms with Gasteiger partial charge in [0.2, 0.25) is 21.8 Å². The van der Waals surface area contributed by atoms with Gasteiger partial charge in [0.15, 0.2) is 0 Å². The Balaban J connectivity index is 2.43. The second-order valence-electron chi connectivity index (χ2n) is 5.77. The lowest BCUT2D eigenvalue weighted by Gasteiger charge is -2.14. The van der Waals surface area contributed by atoms with Gasteiger partial charge in [0.1, 0.15) is 6.04 Å². The van der Waals surface area contributed by atoms with Crippen molar-refractivity contribution in [3.8, 4) is 0 Å². The summed E-state index contributed by atoms with van der Waals surface area (Å²) in [6, 6.07) is 3.74. The number of hydrogen-bond donors (Lipinski definition) is 5. The number of carbonyl (C=O) groups is 4. The minimum absolute atomic E-state index is 0.112. The minimum atomic E-state index is -3.88. The minimum Gasteiger partial charge on any atom is -0.480 e. The first-order valence-corrected chi connectivity index (χ1v) is 11.2. The number of carbonyl (C=O) groups excluding carboxylic acids is 3. The maximum absolute atomic E-state index is 12.0. The second-order valence-corrected chi connectivity index (χ2v) is 8.32. The number of sulfonamides is 1. The van der Waals surface area contributed by atoms with E-state index in [4.69, 9.17) is 10.2 Å². The lowest BCUT2D eigenvalue weighted by atomic mass is 10.2. The van der Waals surface area contributed by atoms with Crippen LogP contribution in [0.25, 0.3) is 0 Å². The molecule has 0 saturated heterocycles. The Hall–Kier alpha value is -2.64. The third-order valence-electron chi connectivity index (χ3n) is 3.54. The van der Waals surface area contributed by atoms with E-state index in [-0.39, 0.29) is 16.9 Å². The van der Waals surface area contributed by atoms with Crippen molar-refractivity contribution in [3.63, 3.8) is 0 Å². The van der Waals surface area contributed by atoms with Crippen molar-refractivity contribution in [2.45, 2.75) is 17.4 Å². The quantitative estimate of drug-likeness (QED) is 0.272. The predicted molar refractivity (Wildman–Crippen MR) is 106 cm³/mol. The molecule has 0 radical (unpaired) electrons. The molecule has 0 spiro atoms. The number of benzene rings is 1. The van der Waals surface area contributed by atoms with Crippen molar-refractivity contribution in [1.29, 1.82) is 0 Å². The molecule has 0 saturated carbocycles. The molecule has 0 aliphatic carbocycles. The number of nitrogens with one attached hydrogen (secondary N) is 3. The molecule has 0 heterocycles. The Morgan fingerprint density at radius 2 is 1.66 bits per heavy atom. The third-order valence-corrected chi connectivity index (χ3v) is 5.12. The summed E-state index contributed by atoms with van der Waals surface area (Å²) in [6.07, 6.45) is 2.06.